The fraction of sp³-hybridized carbons (Fsp3) is 0.263. The number of furan rings is 1. The van der Waals surface area contributed by atoms with Crippen LogP contribution in [0.3, 0.4) is 0 Å². The van der Waals surface area contributed by atoms with Gasteiger partial charge in [-0.3, -0.25) is 14.7 Å². The number of aromatic nitrogens is 3. The number of nitrogens with zero attached hydrogens (tertiary/aromatic N) is 3. The average molecular weight is 399 g/mol. The minimum atomic E-state index is -0.536. The minimum Gasteiger partial charge on any atom is -0.467 e. The van der Waals surface area contributed by atoms with E-state index in [2.05, 4.69) is 20.8 Å². The van der Waals surface area contributed by atoms with Gasteiger partial charge in [-0.2, -0.15) is 0 Å². The van der Waals surface area contributed by atoms with Crippen molar-refractivity contribution in [3.8, 4) is 11.4 Å². The van der Waals surface area contributed by atoms with Crippen LogP contribution in [0.4, 0.5) is 4.79 Å². The van der Waals surface area contributed by atoms with E-state index >= 15 is 0 Å². The highest BCUT2D eigenvalue weighted by molar-refractivity contribution is 8.00. The molecule has 28 heavy (non-hydrogen) atoms. The molecule has 1 atom stereocenters. The van der Waals surface area contributed by atoms with Crippen LogP contribution in [0.5, 0.6) is 0 Å². The summed E-state index contributed by atoms with van der Waals surface area (Å²) >= 11 is 1.23. The summed E-state index contributed by atoms with van der Waals surface area (Å²) < 4.78 is 7.36. The van der Waals surface area contributed by atoms with Crippen LogP contribution in [0.15, 0.2) is 58.3 Å². The van der Waals surface area contributed by atoms with Crippen molar-refractivity contribution in [1.29, 1.82) is 0 Å². The first-order chi connectivity index (χ1) is 13.6. The monoisotopic (exact) mass is 399 g/mol. The lowest BCUT2D eigenvalue weighted by molar-refractivity contribution is -0.119. The fourth-order valence-electron chi connectivity index (χ4n) is 2.51. The smallest absolute Gasteiger partial charge is 0.321 e. The normalized spacial score (nSPS) is 11.8. The van der Waals surface area contributed by atoms with Gasteiger partial charge in [-0.15, -0.1) is 10.2 Å². The zero-order valence-corrected chi connectivity index (χ0v) is 16.4. The van der Waals surface area contributed by atoms with Gasteiger partial charge in [0.25, 0.3) is 0 Å². The average Bonchev–Trinajstić information content (AvgIpc) is 3.33. The van der Waals surface area contributed by atoms with Gasteiger partial charge in [0, 0.05) is 12.1 Å². The predicted octanol–water partition coefficient (Wildman–Crippen LogP) is 2.91. The summed E-state index contributed by atoms with van der Waals surface area (Å²) in [6.45, 7) is 4.37. The number of carbonyl (C=O) groups is 2. The molecule has 0 fully saturated rings. The van der Waals surface area contributed by atoms with E-state index in [1.807, 2.05) is 47.0 Å². The molecule has 0 aliphatic rings. The van der Waals surface area contributed by atoms with Crippen LogP contribution >= 0.6 is 11.8 Å². The maximum atomic E-state index is 12.3. The maximum absolute atomic E-state index is 12.3. The zero-order chi connectivity index (χ0) is 19.9. The maximum Gasteiger partial charge on any atom is 0.321 e. The number of benzene rings is 1. The molecule has 1 aromatic carbocycles. The van der Waals surface area contributed by atoms with Crippen molar-refractivity contribution in [3.63, 3.8) is 0 Å². The Hall–Kier alpha value is -3.07. The van der Waals surface area contributed by atoms with Gasteiger partial charge < -0.3 is 9.73 Å². The van der Waals surface area contributed by atoms with Crippen LogP contribution in [-0.4, -0.2) is 38.5 Å². The first-order valence-electron chi connectivity index (χ1n) is 8.84. The number of hydrogen-bond donors (Lipinski definition) is 2. The molecule has 0 bridgehead atoms. The number of rotatable bonds is 7. The summed E-state index contributed by atoms with van der Waals surface area (Å²) in [5.41, 5.74) is 0.910. The molecule has 0 saturated carbocycles. The van der Waals surface area contributed by atoms with Gasteiger partial charge in [0.2, 0.25) is 5.91 Å². The van der Waals surface area contributed by atoms with Gasteiger partial charge in [-0.1, -0.05) is 42.1 Å². The van der Waals surface area contributed by atoms with E-state index in [0.29, 0.717) is 24.1 Å². The first kappa shape index (κ1) is 19.7. The van der Waals surface area contributed by atoms with Crippen molar-refractivity contribution in [2.24, 2.45) is 0 Å². The quantitative estimate of drug-likeness (QED) is 0.592. The zero-order valence-electron chi connectivity index (χ0n) is 15.6. The standard InChI is InChI=1S/C19H21N5O3S/c1-3-20-18(26)21-17(25)13(2)28-19-23-22-16(14-8-5-4-6-9-14)24(19)12-15-10-7-11-27-15/h4-11,13H,3,12H2,1-2H3,(H2,20,21,25,26). The van der Waals surface area contributed by atoms with E-state index in [1.54, 1.807) is 20.1 Å². The Kier molecular flexibility index (Phi) is 6.49. The van der Waals surface area contributed by atoms with E-state index in [-0.39, 0.29) is 0 Å². The third-order valence-electron chi connectivity index (χ3n) is 3.87. The summed E-state index contributed by atoms with van der Waals surface area (Å²) in [4.78, 5) is 23.8. The molecule has 3 aromatic rings. The largest absolute Gasteiger partial charge is 0.467 e. The Bertz CT molecular complexity index is 924. The second-order valence-electron chi connectivity index (χ2n) is 5.95. The van der Waals surface area contributed by atoms with Crippen molar-refractivity contribution in [2.75, 3.05) is 6.54 Å². The molecular formula is C19H21N5O3S. The lowest BCUT2D eigenvalue weighted by Gasteiger charge is -2.13. The number of carbonyl (C=O) groups excluding carboxylic acids is 2. The molecule has 9 heteroatoms. The van der Waals surface area contributed by atoms with Crippen molar-refractivity contribution in [3.05, 3.63) is 54.5 Å². The van der Waals surface area contributed by atoms with E-state index in [9.17, 15) is 9.59 Å². The summed E-state index contributed by atoms with van der Waals surface area (Å²) in [5, 5.41) is 13.5. The Morgan fingerprint density at radius 1 is 1.18 bits per heavy atom. The van der Waals surface area contributed by atoms with Gasteiger partial charge in [0.15, 0.2) is 11.0 Å². The molecule has 2 aromatic heterocycles. The second-order valence-corrected chi connectivity index (χ2v) is 7.25. The minimum absolute atomic E-state index is 0.398. The number of imide groups is 1. The van der Waals surface area contributed by atoms with Crippen LogP contribution in [-0.2, 0) is 11.3 Å². The lowest BCUT2D eigenvalue weighted by atomic mass is 10.2. The summed E-state index contributed by atoms with van der Waals surface area (Å²) in [5.74, 6) is 1.03. The Morgan fingerprint density at radius 2 is 1.96 bits per heavy atom. The van der Waals surface area contributed by atoms with Crippen molar-refractivity contribution < 1.29 is 14.0 Å². The highest BCUT2D eigenvalue weighted by Gasteiger charge is 2.22. The van der Waals surface area contributed by atoms with Crippen LogP contribution in [0.1, 0.15) is 19.6 Å². The lowest BCUT2D eigenvalue weighted by Crippen LogP contribution is -2.42. The van der Waals surface area contributed by atoms with Gasteiger partial charge in [0.1, 0.15) is 5.76 Å². The van der Waals surface area contributed by atoms with Crippen LogP contribution in [0, 0.1) is 0 Å². The van der Waals surface area contributed by atoms with Crippen LogP contribution < -0.4 is 10.6 Å². The van der Waals surface area contributed by atoms with Crippen molar-refractivity contribution in [2.45, 2.75) is 30.8 Å². The van der Waals surface area contributed by atoms with E-state index < -0.39 is 17.2 Å². The number of hydrogen-bond acceptors (Lipinski definition) is 6. The molecule has 8 nitrogen and oxygen atoms in total. The highest BCUT2D eigenvalue weighted by Crippen LogP contribution is 2.27. The van der Waals surface area contributed by atoms with Crippen LogP contribution in [0.25, 0.3) is 11.4 Å². The molecule has 0 saturated heterocycles. The topological polar surface area (TPSA) is 102 Å². The van der Waals surface area contributed by atoms with Crippen LogP contribution in [0.2, 0.25) is 0 Å². The van der Waals surface area contributed by atoms with Crippen molar-refractivity contribution >= 4 is 23.7 Å². The molecule has 0 aliphatic heterocycles. The molecule has 1 unspecified atom stereocenters. The number of urea groups is 1. The summed E-state index contributed by atoms with van der Waals surface area (Å²) in [7, 11) is 0. The third kappa shape index (κ3) is 4.80. The molecule has 0 radical (unpaired) electrons. The summed E-state index contributed by atoms with van der Waals surface area (Å²) in [6.07, 6.45) is 1.61. The molecule has 146 valence electrons. The number of amides is 3. The van der Waals surface area contributed by atoms with Gasteiger partial charge in [-0.05, 0) is 26.0 Å². The fourth-order valence-corrected chi connectivity index (χ4v) is 3.36. The molecule has 3 rings (SSSR count). The van der Waals surface area contributed by atoms with Gasteiger partial charge in [0.05, 0.1) is 18.1 Å². The molecule has 2 N–H and O–H groups in total. The molecular weight excluding hydrogens is 378 g/mol. The molecule has 3 amide bonds. The Morgan fingerprint density at radius 3 is 2.64 bits per heavy atom. The van der Waals surface area contributed by atoms with Crippen molar-refractivity contribution in [1.82, 2.24) is 25.4 Å². The summed E-state index contributed by atoms with van der Waals surface area (Å²) in [6, 6.07) is 12.9. The molecule has 0 aliphatic carbocycles. The van der Waals surface area contributed by atoms with Gasteiger partial charge in [-0.25, -0.2) is 4.79 Å². The SMILES string of the molecule is CCNC(=O)NC(=O)C(C)Sc1nnc(-c2ccccc2)n1Cc1ccco1. The third-order valence-corrected chi connectivity index (χ3v) is 4.95. The van der Waals surface area contributed by atoms with E-state index in [4.69, 9.17) is 4.42 Å². The number of thioether (sulfide) groups is 1. The first-order valence-corrected chi connectivity index (χ1v) is 9.72. The highest BCUT2D eigenvalue weighted by atomic mass is 32.2. The molecule has 2 heterocycles. The van der Waals surface area contributed by atoms with E-state index in [0.717, 1.165) is 11.3 Å². The van der Waals surface area contributed by atoms with Gasteiger partial charge >= 0.3 is 6.03 Å². The molecule has 0 spiro atoms. The van der Waals surface area contributed by atoms with E-state index in [1.165, 1.54) is 11.8 Å². The Balaban J connectivity index is 1.83. The number of nitrogens with one attached hydrogen (secondary N) is 2. The predicted molar refractivity (Wildman–Crippen MR) is 106 cm³/mol. The second kappa shape index (κ2) is 9.23. The Labute approximate surface area is 166 Å².